The first-order valence-corrected chi connectivity index (χ1v) is 28.2. The SMILES string of the molecule is CCC(C)(C)C(=O)OCCCNS(=O)(=O)c1cc(C(C)C)c(N=c2ccc3c(-c4ccccc4S(=O)(=O)NS(=O)(=O)C(F)(F)F)c4ccc(Nc5c(C(C)C)cccc5C(C)C)cc4oc-3c2)c(C(C)C)c1. The fourth-order valence-corrected chi connectivity index (χ4v) is 11.9. The maximum absolute atomic E-state index is 13.8. The molecule has 72 heavy (non-hydrogen) atoms. The van der Waals surface area contributed by atoms with Gasteiger partial charge in [0.15, 0.2) is 0 Å². The topological polar surface area (TPSA) is 190 Å². The number of carbonyl (C=O) groups is 1. The first-order valence-electron chi connectivity index (χ1n) is 23.7. The molecule has 4 aromatic rings. The quantitative estimate of drug-likeness (QED) is 0.0400. The summed E-state index contributed by atoms with van der Waals surface area (Å²) in [5.74, 6) is -0.289. The number of benzene rings is 5. The van der Waals surface area contributed by atoms with Crippen LogP contribution < -0.4 is 19.5 Å². The van der Waals surface area contributed by atoms with E-state index in [9.17, 15) is 43.2 Å². The van der Waals surface area contributed by atoms with E-state index in [1.165, 1.54) is 18.2 Å². The van der Waals surface area contributed by atoms with Gasteiger partial charge in [0, 0.05) is 52.1 Å². The van der Waals surface area contributed by atoms with E-state index in [4.69, 9.17) is 14.1 Å². The van der Waals surface area contributed by atoms with E-state index >= 15 is 0 Å². The predicted octanol–water partition coefficient (Wildman–Crippen LogP) is 12.4. The van der Waals surface area contributed by atoms with Gasteiger partial charge >= 0.3 is 21.5 Å². The second-order valence-electron chi connectivity index (χ2n) is 19.6. The van der Waals surface area contributed by atoms with Gasteiger partial charge in [-0.25, -0.2) is 35.0 Å². The van der Waals surface area contributed by atoms with Gasteiger partial charge < -0.3 is 14.5 Å². The molecule has 0 aromatic heterocycles. The van der Waals surface area contributed by atoms with Crippen molar-refractivity contribution in [2.24, 2.45) is 10.4 Å². The summed E-state index contributed by atoms with van der Waals surface area (Å²) >= 11 is 0. The van der Waals surface area contributed by atoms with Crippen molar-refractivity contribution >= 4 is 64.1 Å². The number of carbonyl (C=O) groups excluding carboxylic acids is 1. The predicted molar refractivity (Wildman–Crippen MR) is 276 cm³/mol. The van der Waals surface area contributed by atoms with Crippen LogP contribution in [0.1, 0.15) is 135 Å². The second kappa shape index (κ2) is 21.5. The summed E-state index contributed by atoms with van der Waals surface area (Å²) in [5.41, 5.74) is -0.465. The van der Waals surface area contributed by atoms with Gasteiger partial charge in [-0.1, -0.05) is 103 Å². The highest BCUT2D eigenvalue weighted by Crippen LogP contribution is 2.44. The summed E-state index contributed by atoms with van der Waals surface area (Å²) in [6.07, 6.45) is 0.855. The van der Waals surface area contributed by atoms with Gasteiger partial charge in [-0.3, -0.25) is 4.79 Å². The van der Waals surface area contributed by atoms with Crippen molar-refractivity contribution in [3.05, 3.63) is 119 Å². The van der Waals surface area contributed by atoms with Crippen molar-refractivity contribution in [1.82, 2.24) is 8.85 Å². The number of alkyl halides is 3. The Bertz CT molecular complexity index is 3330. The molecule has 4 aromatic carbocycles. The highest BCUT2D eigenvalue weighted by Gasteiger charge is 2.49. The van der Waals surface area contributed by atoms with E-state index in [0.717, 1.165) is 27.0 Å². The summed E-state index contributed by atoms with van der Waals surface area (Å²) in [6, 6.07) is 24.5. The van der Waals surface area contributed by atoms with Crippen LogP contribution in [0.25, 0.3) is 33.4 Å². The normalized spacial score (nSPS) is 13.3. The number of para-hydroxylation sites is 1. The van der Waals surface area contributed by atoms with E-state index in [2.05, 4.69) is 37.7 Å². The molecule has 388 valence electrons. The monoisotopic (exact) mass is 1050 g/mol. The summed E-state index contributed by atoms with van der Waals surface area (Å²) in [5, 5.41) is 4.30. The minimum absolute atomic E-state index is 0.0287. The molecule has 0 amide bonds. The number of nitrogens with one attached hydrogen (secondary N) is 3. The van der Waals surface area contributed by atoms with Crippen LogP contribution in [0.3, 0.4) is 0 Å². The fraction of sp³-hybridized carbons (Fsp3) is 0.396. The second-order valence-corrected chi connectivity index (χ2v) is 25.0. The van der Waals surface area contributed by atoms with Gasteiger partial charge in [-0.15, -0.1) is 0 Å². The smallest absolute Gasteiger partial charge is 0.465 e. The Morgan fingerprint density at radius 1 is 0.708 bits per heavy atom. The molecule has 19 heteroatoms. The summed E-state index contributed by atoms with van der Waals surface area (Å²) in [4.78, 5) is 16.8. The molecule has 0 radical (unpaired) electrons. The third-order valence-electron chi connectivity index (χ3n) is 12.5. The van der Waals surface area contributed by atoms with Crippen LogP contribution in [0.15, 0.2) is 110 Å². The molecule has 3 N–H and O–H groups in total. The average molecular weight is 1050 g/mol. The van der Waals surface area contributed by atoms with Gasteiger partial charge in [0.2, 0.25) is 10.0 Å². The van der Waals surface area contributed by atoms with Crippen LogP contribution in [0, 0.1) is 5.41 Å². The van der Waals surface area contributed by atoms with E-state index in [-0.39, 0.29) is 76.6 Å². The Hall–Kier alpha value is -5.60. The molecule has 0 atom stereocenters. The van der Waals surface area contributed by atoms with Crippen LogP contribution in [0.4, 0.5) is 30.2 Å². The fourth-order valence-electron chi connectivity index (χ4n) is 8.11. The highest BCUT2D eigenvalue weighted by atomic mass is 32.3. The maximum atomic E-state index is 13.8. The van der Waals surface area contributed by atoms with Crippen LogP contribution in [-0.2, 0) is 39.6 Å². The maximum Gasteiger partial charge on any atom is 0.512 e. The minimum Gasteiger partial charge on any atom is -0.465 e. The Kier molecular flexibility index (Phi) is 16.6. The molecule has 0 spiro atoms. The lowest BCUT2D eigenvalue weighted by molar-refractivity contribution is -0.154. The van der Waals surface area contributed by atoms with Gasteiger partial charge in [-0.2, -0.15) is 13.2 Å². The third-order valence-corrected chi connectivity index (χ3v) is 17.3. The first kappa shape index (κ1) is 55.7. The number of ether oxygens (including phenoxy) is 1. The summed E-state index contributed by atoms with van der Waals surface area (Å²) in [6.45, 7) is 21.5. The average Bonchev–Trinajstić information content (AvgIpc) is 3.29. The Morgan fingerprint density at radius 2 is 1.31 bits per heavy atom. The number of nitrogens with zero attached hydrogens (tertiary/aromatic N) is 1. The molecule has 0 fully saturated rings. The van der Waals surface area contributed by atoms with Gasteiger partial charge in [0.25, 0.3) is 10.0 Å². The van der Waals surface area contributed by atoms with Gasteiger partial charge in [0.1, 0.15) is 11.3 Å². The molecule has 1 aliphatic heterocycles. The molecule has 0 saturated carbocycles. The largest absolute Gasteiger partial charge is 0.512 e. The van der Waals surface area contributed by atoms with Crippen LogP contribution >= 0.6 is 0 Å². The van der Waals surface area contributed by atoms with Crippen molar-refractivity contribution in [3.8, 4) is 22.5 Å². The zero-order valence-corrected chi connectivity index (χ0v) is 44.7. The van der Waals surface area contributed by atoms with Crippen molar-refractivity contribution in [2.45, 2.75) is 128 Å². The number of anilines is 2. The van der Waals surface area contributed by atoms with Crippen molar-refractivity contribution < 1.29 is 52.4 Å². The van der Waals surface area contributed by atoms with Crippen LogP contribution in [0.5, 0.6) is 0 Å². The molecule has 0 bridgehead atoms. The summed E-state index contributed by atoms with van der Waals surface area (Å²) in [7, 11) is -15.8. The molecular formula is C53H63F3N4O9S3. The molecule has 0 saturated heterocycles. The Labute approximate surface area is 421 Å². The van der Waals surface area contributed by atoms with E-state index in [1.54, 1.807) is 62.4 Å². The minimum atomic E-state index is -6.35. The molecule has 6 rings (SSSR count). The zero-order valence-electron chi connectivity index (χ0n) is 42.3. The van der Waals surface area contributed by atoms with Crippen LogP contribution in [-0.4, -0.2) is 49.9 Å². The van der Waals surface area contributed by atoms with Crippen molar-refractivity contribution in [1.29, 1.82) is 0 Å². The lowest BCUT2D eigenvalue weighted by Gasteiger charge is -2.22. The Balaban J connectivity index is 1.54. The highest BCUT2D eigenvalue weighted by molar-refractivity contribution is 8.05. The molecular weight excluding hydrogens is 990 g/mol. The number of rotatable bonds is 19. The standard InChI is InChI=1S/C53H63F3N4O9S3/c1-12-52(10,11)51(61)68-26-16-25-57-70(62,63)37-29-43(33(6)7)50(44(30-37)34(8)9)59-36-22-24-41-46(28-36)69-45-27-35(58-49-38(31(2)3)18-15-19-39(49)32(4)5)21-23-40(45)48(41)42-17-13-14-20-47(42)71(64,65)60-72(66,67)53(54,55)56/h13-15,17-24,27-34,57-58,60H,12,16,25-26H2,1-11H3. The van der Waals surface area contributed by atoms with Crippen molar-refractivity contribution in [3.63, 3.8) is 0 Å². The lowest BCUT2D eigenvalue weighted by Crippen LogP contribution is -2.40. The molecule has 0 unspecified atom stereocenters. The first-order chi connectivity index (χ1) is 33.5. The van der Waals surface area contributed by atoms with E-state index in [1.807, 2.05) is 52.8 Å². The third kappa shape index (κ3) is 12.1. The van der Waals surface area contributed by atoms with E-state index < -0.39 is 45.9 Å². The summed E-state index contributed by atoms with van der Waals surface area (Å²) < 4.78 is 136. The number of fused-ring (bicyclic) bond motifs is 2. The lowest BCUT2D eigenvalue weighted by atomic mass is 9.91. The number of hydrogen-bond donors (Lipinski definition) is 3. The molecule has 1 aliphatic carbocycles. The molecule has 13 nitrogen and oxygen atoms in total. The van der Waals surface area contributed by atoms with Gasteiger partial charge in [-0.05, 0) is 115 Å². The molecule has 1 heterocycles. The molecule has 2 aliphatic rings. The number of sulfonamides is 3. The van der Waals surface area contributed by atoms with Crippen LogP contribution in [0.2, 0.25) is 0 Å². The number of halogens is 3. The Morgan fingerprint density at radius 3 is 1.88 bits per heavy atom. The van der Waals surface area contributed by atoms with Gasteiger partial charge in [0.05, 0.1) is 32.9 Å². The van der Waals surface area contributed by atoms with Crippen molar-refractivity contribution in [2.75, 3.05) is 18.5 Å². The van der Waals surface area contributed by atoms with E-state index in [0.29, 0.717) is 45.2 Å². The number of hydrogen-bond acceptors (Lipinski definition) is 11. The number of esters is 1. The zero-order chi connectivity index (χ0) is 53.3.